The second kappa shape index (κ2) is 7.83. The van der Waals surface area contributed by atoms with Crippen molar-refractivity contribution < 1.29 is 4.79 Å². The van der Waals surface area contributed by atoms with E-state index in [1.807, 2.05) is 28.9 Å². The monoisotopic (exact) mass is 340 g/mol. The summed E-state index contributed by atoms with van der Waals surface area (Å²) in [6.07, 6.45) is 4.86. The number of nitrogens with one attached hydrogen (secondary N) is 1. The molecule has 0 spiro atoms. The summed E-state index contributed by atoms with van der Waals surface area (Å²) in [5.41, 5.74) is 3.72. The van der Waals surface area contributed by atoms with Gasteiger partial charge in [0.05, 0.1) is 11.7 Å². The number of carbonyl (C=O) groups is 1. The highest BCUT2D eigenvalue weighted by Gasteiger charge is 2.32. The van der Waals surface area contributed by atoms with Gasteiger partial charge in [0, 0.05) is 39.3 Å². The average Bonchev–Trinajstić information content (AvgIpc) is 2.98. The van der Waals surface area contributed by atoms with E-state index in [9.17, 15) is 4.79 Å². The molecule has 0 bridgehead atoms. The van der Waals surface area contributed by atoms with Crippen LogP contribution in [0.3, 0.4) is 0 Å². The van der Waals surface area contributed by atoms with Crippen molar-refractivity contribution in [2.24, 2.45) is 7.05 Å². The third-order valence-electron chi connectivity index (χ3n) is 5.18. The lowest BCUT2D eigenvalue weighted by atomic mass is 9.90. The number of aryl methyl sites for hydroxylation is 2. The van der Waals surface area contributed by atoms with E-state index in [1.54, 1.807) is 6.92 Å². The molecule has 2 heterocycles. The van der Waals surface area contributed by atoms with E-state index in [0.29, 0.717) is 6.04 Å². The molecule has 1 fully saturated rings. The van der Waals surface area contributed by atoms with Gasteiger partial charge in [0.15, 0.2) is 0 Å². The van der Waals surface area contributed by atoms with Crippen LogP contribution >= 0.6 is 0 Å². The van der Waals surface area contributed by atoms with Crippen molar-refractivity contribution in [1.82, 2.24) is 20.0 Å². The van der Waals surface area contributed by atoms with Crippen molar-refractivity contribution in [1.29, 1.82) is 0 Å². The molecule has 1 aliphatic heterocycles. The lowest BCUT2D eigenvalue weighted by molar-refractivity contribution is -0.133. The fraction of sp³-hybridized carbons (Fsp3) is 0.500. The Morgan fingerprint density at radius 1 is 1.36 bits per heavy atom. The Bertz CT molecular complexity index is 724. The third-order valence-corrected chi connectivity index (χ3v) is 5.18. The number of aromatic nitrogens is 2. The topological polar surface area (TPSA) is 50.2 Å². The Balaban J connectivity index is 1.76. The molecule has 1 saturated heterocycles. The maximum absolute atomic E-state index is 12.2. The van der Waals surface area contributed by atoms with Gasteiger partial charge < -0.3 is 10.2 Å². The predicted octanol–water partition coefficient (Wildman–Crippen LogP) is 2.44. The number of nitrogens with zero attached hydrogens (tertiary/aromatic N) is 3. The quantitative estimate of drug-likeness (QED) is 0.909. The summed E-state index contributed by atoms with van der Waals surface area (Å²) >= 11 is 0. The average molecular weight is 340 g/mol. The largest absolute Gasteiger partial charge is 0.338 e. The van der Waals surface area contributed by atoms with Gasteiger partial charge in [-0.15, -0.1) is 0 Å². The minimum absolute atomic E-state index is 0.171. The fourth-order valence-electron chi connectivity index (χ4n) is 3.83. The number of hydrogen-bond donors (Lipinski definition) is 1. The molecular weight excluding hydrogens is 312 g/mol. The van der Waals surface area contributed by atoms with Crippen LogP contribution in [0.15, 0.2) is 36.5 Å². The van der Waals surface area contributed by atoms with Crippen LogP contribution in [0.5, 0.6) is 0 Å². The van der Waals surface area contributed by atoms with E-state index >= 15 is 0 Å². The van der Waals surface area contributed by atoms with E-state index in [-0.39, 0.29) is 11.9 Å². The van der Waals surface area contributed by atoms with Crippen molar-refractivity contribution >= 4 is 5.91 Å². The van der Waals surface area contributed by atoms with Gasteiger partial charge in [-0.2, -0.15) is 5.10 Å². The lowest BCUT2D eigenvalue weighted by Crippen LogP contribution is -2.56. The zero-order valence-corrected chi connectivity index (χ0v) is 15.4. The number of amides is 1. The summed E-state index contributed by atoms with van der Waals surface area (Å²) in [5, 5.41) is 7.91. The standard InChI is InChI=1S/C20H28N4O/c1-15-6-4-7-17(12-15)13-20-19(8-5-11-24(20)16(2)25)21-14-18-9-10-22-23(18)3/h4,6-7,9-10,12,19-21H,5,8,11,13-14H2,1-3H3/t19-,20-/m0/s1. The minimum atomic E-state index is 0.171. The molecule has 1 aliphatic rings. The maximum Gasteiger partial charge on any atom is 0.219 e. The van der Waals surface area contributed by atoms with Crippen LogP contribution < -0.4 is 5.32 Å². The number of rotatable bonds is 5. The molecule has 25 heavy (non-hydrogen) atoms. The van der Waals surface area contributed by atoms with Crippen LogP contribution in [-0.2, 0) is 24.8 Å². The van der Waals surface area contributed by atoms with Crippen molar-refractivity contribution in [2.75, 3.05) is 6.54 Å². The minimum Gasteiger partial charge on any atom is -0.338 e. The molecule has 1 aromatic carbocycles. The van der Waals surface area contributed by atoms with Crippen LogP contribution in [0.25, 0.3) is 0 Å². The molecule has 2 atom stereocenters. The molecule has 1 aromatic heterocycles. The fourth-order valence-corrected chi connectivity index (χ4v) is 3.83. The van der Waals surface area contributed by atoms with Gasteiger partial charge >= 0.3 is 0 Å². The lowest BCUT2D eigenvalue weighted by Gasteiger charge is -2.41. The highest BCUT2D eigenvalue weighted by Crippen LogP contribution is 2.22. The molecule has 5 nitrogen and oxygen atoms in total. The van der Waals surface area contributed by atoms with Crippen LogP contribution in [0.2, 0.25) is 0 Å². The first kappa shape index (κ1) is 17.7. The number of hydrogen-bond acceptors (Lipinski definition) is 3. The molecule has 0 unspecified atom stereocenters. The first-order valence-electron chi connectivity index (χ1n) is 9.07. The zero-order valence-electron chi connectivity index (χ0n) is 15.4. The Kier molecular flexibility index (Phi) is 5.53. The maximum atomic E-state index is 12.2. The van der Waals surface area contributed by atoms with Gasteiger partial charge in [0.1, 0.15) is 0 Å². The summed E-state index contributed by atoms with van der Waals surface area (Å²) in [6, 6.07) is 11.1. The summed E-state index contributed by atoms with van der Waals surface area (Å²) in [6.45, 7) is 5.44. The Morgan fingerprint density at radius 3 is 2.88 bits per heavy atom. The Morgan fingerprint density at radius 2 is 2.20 bits per heavy atom. The molecule has 134 valence electrons. The van der Waals surface area contributed by atoms with E-state index < -0.39 is 0 Å². The molecule has 0 radical (unpaired) electrons. The number of benzene rings is 1. The molecule has 3 rings (SSSR count). The van der Waals surface area contributed by atoms with E-state index in [0.717, 1.165) is 38.0 Å². The molecule has 5 heteroatoms. The van der Waals surface area contributed by atoms with Gasteiger partial charge in [0.2, 0.25) is 5.91 Å². The van der Waals surface area contributed by atoms with Crippen molar-refractivity contribution in [3.8, 4) is 0 Å². The van der Waals surface area contributed by atoms with Crippen LogP contribution in [-0.4, -0.2) is 39.2 Å². The second-order valence-corrected chi connectivity index (χ2v) is 7.05. The summed E-state index contributed by atoms with van der Waals surface area (Å²) in [7, 11) is 1.96. The summed E-state index contributed by atoms with van der Waals surface area (Å²) in [4.78, 5) is 14.2. The van der Waals surface area contributed by atoms with Crippen molar-refractivity contribution in [3.05, 3.63) is 53.3 Å². The van der Waals surface area contributed by atoms with Gasteiger partial charge in [-0.3, -0.25) is 9.48 Å². The van der Waals surface area contributed by atoms with E-state index in [4.69, 9.17) is 0 Å². The zero-order chi connectivity index (χ0) is 17.8. The molecule has 0 aliphatic carbocycles. The first-order valence-corrected chi connectivity index (χ1v) is 9.07. The smallest absolute Gasteiger partial charge is 0.219 e. The number of carbonyl (C=O) groups excluding carboxylic acids is 1. The number of piperidine rings is 1. The molecular formula is C20H28N4O. The van der Waals surface area contributed by atoms with Crippen LogP contribution in [0, 0.1) is 6.92 Å². The molecule has 1 N–H and O–H groups in total. The summed E-state index contributed by atoms with van der Waals surface area (Å²) < 4.78 is 1.90. The molecule has 2 aromatic rings. The van der Waals surface area contributed by atoms with Crippen LogP contribution in [0.1, 0.15) is 36.6 Å². The van der Waals surface area contributed by atoms with Gasteiger partial charge in [-0.25, -0.2) is 0 Å². The van der Waals surface area contributed by atoms with Crippen molar-refractivity contribution in [3.63, 3.8) is 0 Å². The summed E-state index contributed by atoms with van der Waals surface area (Å²) in [5.74, 6) is 0.171. The predicted molar refractivity (Wildman–Crippen MR) is 99.1 cm³/mol. The van der Waals surface area contributed by atoms with E-state index in [2.05, 4.69) is 41.6 Å². The normalized spacial score (nSPS) is 20.7. The third kappa shape index (κ3) is 4.28. The second-order valence-electron chi connectivity index (χ2n) is 7.05. The van der Waals surface area contributed by atoms with Gasteiger partial charge in [0.25, 0.3) is 0 Å². The number of likely N-dealkylation sites (tertiary alicyclic amines) is 1. The molecule has 1 amide bonds. The highest BCUT2D eigenvalue weighted by atomic mass is 16.2. The van der Waals surface area contributed by atoms with Crippen LogP contribution in [0.4, 0.5) is 0 Å². The van der Waals surface area contributed by atoms with E-state index in [1.165, 1.54) is 11.1 Å². The van der Waals surface area contributed by atoms with Gasteiger partial charge in [-0.05, 0) is 37.8 Å². The Hall–Kier alpha value is -2.14. The molecule has 0 saturated carbocycles. The first-order chi connectivity index (χ1) is 12.0. The van der Waals surface area contributed by atoms with Crippen molar-refractivity contribution in [2.45, 2.75) is 51.7 Å². The highest BCUT2D eigenvalue weighted by molar-refractivity contribution is 5.73. The Labute approximate surface area is 150 Å². The van der Waals surface area contributed by atoms with Gasteiger partial charge in [-0.1, -0.05) is 29.8 Å². The SMILES string of the molecule is CC(=O)N1CCC[C@H](NCc2ccnn2C)[C@@H]1Cc1cccc(C)c1.